The van der Waals surface area contributed by atoms with Crippen LogP contribution in [0, 0.1) is 0 Å². The van der Waals surface area contributed by atoms with Gasteiger partial charge in [0.1, 0.15) is 12.7 Å². The Labute approximate surface area is 148 Å². The second-order valence-corrected chi connectivity index (χ2v) is 5.84. The van der Waals surface area contributed by atoms with Gasteiger partial charge in [-0.15, -0.1) is 0 Å². The zero-order valence-corrected chi connectivity index (χ0v) is 13.6. The SMILES string of the molecule is c1cc(-c2ccncn2)cc(-n2cnc3cc(-c4ccno4)ccc32)c1. The summed E-state index contributed by atoms with van der Waals surface area (Å²) < 4.78 is 7.29. The third-order valence-electron chi connectivity index (χ3n) is 4.27. The average molecular weight is 339 g/mol. The lowest BCUT2D eigenvalue weighted by atomic mass is 10.1. The first-order valence-electron chi connectivity index (χ1n) is 8.13. The van der Waals surface area contributed by atoms with Crippen molar-refractivity contribution in [1.82, 2.24) is 24.7 Å². The van der Waals surface area contributed by atoms with Crippen molar-refractivity contribution in [3.05, 3.63) is 79.6 Å². The molecule has 0 unspecified atom stereocenters. The molecular formula is C20H13N5O. The van der Waals surface area contributed by atoms with Crippen LogP contribution in [0.15, 0.2) is 84.2 Å². The third-order valence-corrected chi connectivity index (χ3v) is 4.27. The van der Waals surface area contributed by atoms with Gasteiger partial charge in [0.15, 0.2) is 5.76 Å². The molecule has 124 valence electrons. The van der Waals surface area contributed by atoms with E-state index in [2.05, 4.69) is 36.8 Å². The van der Waals surface area contributed by atoms with Gasteiger partial charge in [-0.2, -0.15) is 0 Å². The van der Waals surface area contributed by atoms with E-state index in [-0.39, 0.29) is 0 Å². The highest BCUT2D eigenvalue weighted by atomic mass is 16.5. The fourth-order valence-corrected chi connectivity index (χ4v) is 3.01. The Kier molecular flexibility index (Phi) is 3.31. The van der Waals surface area contributed by atoms with Crippen molar-refractivity contribution in [2.45, 2.75) is 0 Å². The number of benzene rings is 2. The van der Waals surface area contributed by atoms with E-state index in [0.29, 0.717) is 0 Å². The first-order chi connectivity index (χ1) is 12.9. The summed E-state index contributed by atoms with van der Waals surface area (Å²) >= 11 is 0. The normalized spacial score (nSPS) is 11.1. The molecule has 0 amide bonds. The van der Waals surface area contributed by atoms with Crippen LogP contribution >= 0.6 is 0 Å². The van der Waals surface area contributed by atoms with Gasteiger partial charge in [0.05, 0.1) is 22.9 Å². The van der Waals surface area contributed by atoms with Gasteiger partial charge in [-0.25, -0.2) is 15.0 Å². The molecule has 0 saturated heterocycles. The molecule has 3 heterocycles. The maximum atomic E-state index is 5.23. The Morgan fingerprint density at radius 2 is 1.85 bits per heavy atom. The monoisotopic (exact) mass is 339 g/mol. The fraction of sp³-hybridized carbons (Fsp3) is 0. The molecule has 6 heteroatoms. The quantitative estimate of drug-likeness (QED) is 0.494. The van der Waals surface area contributed by atoms with Gasteiger partial charge in [0.25, 0.3) is 0 Å². The van der Waals surface area contributed by atoms with Gasteiger partial charge < -0.3 is 4.52 Å². The summed E-state index contributed by atoms with van der Waals surface area (Å²) in [6, 6.07) is 18.0. The van der Waals surface area contributed by atoms with Crippen LogP contribution in [0.25, 0.3) is 39.3 Å². The molecule has 0 saturated carbocycles. The molecule has 0 bridgehead atoms. The van der Waals surface area contributed by atoms with Crippen LogP contribution in [0.1, 0.15) is 0 Å². The summed E-state index contributed by atoms with van der Waals surface area (Å²) in [6.07, 6.45) is 6.76. The second kappa shape index (κ2) is 5.93. The van der Waals surface area contributed by atoms with Crippen LogP contribution in [-0.4, -0.2) is 24.7 Å². The number of aromatic nitrogens is 5. The van der Waals surface area contributed by atoms with E-state index in [4.69, 9.17) is 4.52 Å². The zero-order valence-electron chi connectivity index (χ0n) is 13.6. The summed E-state index contributed by atoms with van der Waals surface area (Å²) in [7, 11) is 0. The van der Waals surface area contributed by atoms with Gasteiger partial charge in [-0.05, 0) is 36.4 Å². The minimum Gasteiger partial charge on any atom is -0.356 e. The average Bonchev–Trinajstić information content (AvgIpc) is 3.38. The summed E-state index contributed by atoms with van der Waals surface area (Å²) in [4.78, 5) is 12.8. The minimum atomic E-state index is 0.729. The molecule has 0 spiro atoms. The molecule has 0 aliphatic heterocycles. The van der Waals surface area contributed by atoms with Crippen LogP contribution < -0.4 is 0 Å². The lowest BCUT2D eigenvalue weighted by Gasteiger charge is -2.07. The van der Waals surface area contributed by atoms with E-state index < -0.39 is 0 Å². The largest absolute Gasteiger partial charge is 0.356 e. The Morgan fingerprint density at radius 3 is 2.69 bits per heavy atom. The van der Waals surface area contributed by atoms with Crippen LogP contribution in [0.4, 0.5) is 0 Å². The van der Waals surface area contributed by atoms with Gasteiger partial charge in [-0.1, -0.05) is 17.3 Å². The summed E-state index contributed by atoms with van der Waals surface area (Å²) in [5, 5.41) is 3.76. The lowest BCUT2D eigenvalue weighted by Crippen LogP contribution is -1.93. The maximum absolute atomic E-state index is 5.23. The van der Waals surface area contributed by atoms with Crippen LogP contribution in [0.3, 0.4) is 0 Å². The molecule has 0 fully saturated rings. The third kappa shape index (κ3) is 2.44. The molecule has 5 rings (SSSR count). The standard InChI is InChI=1S/C20H13N5O/c1-2-14(17-6-8-21-12-22-17)10-16(3-1)25-13-23-18-11-15(4-5-19(18)25)20-7-9-24-26-20/h1-13H. The van der Waals surface area contributed by atoms with Crippen molar-refractivity contribution in [2.24, 2.45) is 0 Å². The second-order valence-electron chi connectivity index (χ2n) is 5.84. The summed E-state index contributed by atoms with van der Waals surface area (Å²) in [6.45, 7) is 0. The van der Waals surface area contributed by atoms with Crippen molar-refractivity contribution in [3.63, 3.8) is 0 Å². The first kappa shape index (κ1) is 14.5. The highest BCUT2D eigenvalue weighted by Crippen LogP contribution is 2.26. The highest BCUT2D eigenvalue weighted by molar-refractivity contribution is 5.82. The van der Waals surface area contributed by atoms with Gasteiger partial charge in [0, 0.05) is 29.1 Å². The Bertz CT molecular complexity index is 1180. The molecule has 6 nitrogen and oxygen atoms in total. The molecule has 2 aromatic carbocycles. The van der Waals surface area contributed by atoms with Crippen molar-refractivity contribution in [2.75, 3.05) is 0 Å². The number of hydrogen-bond donors (Lipinski definition) is 0. The molecule has 0 N–H and O–H groups in total. The maximum Gasteiger partial charge on any atom is 0.166 e. The number of nitrogens with zero attached hydrogens (tertiary/aromatic N) is 5. The fourth-order valence-electron chi connectivity index (χ4n) is 3.01. The van der Waals surface area contributed by atoms with Gasteiger partial charge in [-0.3, -0.25) is 4.57 Å². The van der Waals surface area contributed by atoms with E-state index in [1.807, 2.05) is 48.8 Å². The number of rotatable bonds is 3. The molecule has 0 aliphatic rings. The minimum absolute atomic E-state index is 0.729. The predicted octanol–water partition coefficient (Wildman–Crippen LogP) is 4.14. The van der Waals surface area contributed by atoms with Crippen molar-refractivity contribution in [3.8, 4) is 28.3 Å². The molecule has 26 heavy (non-hydrogen) atoms. The number of hydrogen-bond acceptors (Lipinski definition) is 5. The number of fused-ring (bicyclic) bond motifs is 1. The topological polar surface area (TPSA) is 69.6 Å². The van der Waals surface area contributed by atoms with Crippen molar-refractivity contribution < 1.29 is 4.52 Å². The Morgan fingerprint density at radius 1 is 0.846 bits per heavy atom. The van der Waals surface area contributed by atoms with E-state index in [0.717, 1.165) is 39.3 Å². The van der Waals surface area contributed by atoms with Crippen molar-refractivity contribution >= 4 is 11.0 Å². The molecule has 3 aromatic heterocycles. The molecule has 0 radical (unpaired) electrons. The lowest BCUT2D eigenvalue weighted by molar-refractivity contribution is 0.432. The molecular weight excluding hydrogens is 326 g/mol. The number of imidazole rings is 1. The van der Waals surface area contributed by atoms with Crippen molar-refractivity contribution in [1.29, 1.82) is 0 Å². The molecule has 5 aromatic rings. The summed E-state index contributed by atoms with van der Waals surface area (Å²) in [5.41, 5.74) is 5.81. The summed E-state index contributed by atoms with van der Waals surface area (Å²) in [5.74, 6) is 0.729. The zero-order chi connectivity index (χ0) is 17.3. The smallest absolute Gasteiger partial charge is 0.166 e. The molecule has 0 atom stereocenters. The highest BCUT2D eigenvalue weighted by Gasteiger charge is 2.09. The van der Waals surface area contributed by atoms with Gasteiger partial charge >= 0.3 is 0 Å². The van der Waals surface area contributed by atoms with E-state index in [1.165, 1.54) is 0 Å². The van der Waals surface area contributed by atoms with Crippen LogP contribution in [0.5, 0.6) is 0 Å². The molecule has 0 aliphatic carbocycles. The van der Waals surface area contributed by atoms with Crippen LogP contribution in [-0.2, 0) is 0 Å². The Balaban J connectivity index is 1.59. The predicted molar refractivity (Wildman–Crippen MR) is 97.6 cm³/mol. The van der Waals surface area contributed by atoms with Crippen LogP contribution in [0.2, 0.25) is 0 Å². The van der Waals surface area contributed by atoms with E-state index in [9.17, 15) is 0 Å². The Hall–Kier alpha value is -3.80. The first-order valence-corrected chi connectivity index (χ1v) is 8.13. The van der Waals surface area contributed by atoms with E-state index >= 15 is 0 Å². The van der Waals surface area contributed by atoms with Gasteiger partial charge in [0.2, 0.25) is 0 Å². The van der Waals surface area contributed by atoms with E-state index in [1.54, 1.807) is 18.7 Å².